The van der Waals surface area contributed by atoms with Gasteiger partial charge in [0.05, 0.1) is 5.69 Å². The molecule has 21 heavy (non-hydrogen) atoms. The van der Waals surface area contributed by atoms with Gasteiger partial charge in [-0.15, -0.1) is 11.3 Å². The lowest BCUT2D eigenvalue weighted by molar-refractivity contribution is 0.700. The van der Waals surface area contributed by atoms with Crippen LogP contribution in [0.15, 0.2) is 36.0 Å². The van der Waals surface area contributed by atoms with Gasteiger partial charge in [-0.05, 0) is 44.9 Å². The van der Waals surface area contributed by atoms with Crippen molar-refractivity contribution in [2.75, 3.05) is 0 Å². The van der Waals surface area contributed by atoms with E-state index in [2.05, 4.69) is 40.9 Å². The molecule has 0 atom stereocenters. The molecule has 0 unspecified atom stereocenters. The molecule has 0 bridgehead atoms. The summed E-state index contributed by atoms with van der Waals surface area (Å²) in [7, 11) is 0. The first-order chi connectivity index (χ1) is 10.2. The molecular weight excluding hydrogens is 278 g/mol. The molecule has 0 N–H and O–H groups in total. The molecule has 1 aliphatic carbocycles. The minimum atomic E-state index is 0.718. The first kappa shape index (κ1) is 12.8. The van der Waals surface area contributed by atoms with Crippen LogP contribution in [0.1, 0.15) is 30.3 Å². The van der Waals surface area contributed by atoms with Gasteiger partial charge in [0.1, 0.15) is 5.01 Å². The van der Waals surface area contributed by atoms with Gasteiger partial charge in [-0.3, -0.25) is 4.98 Å². The van der Waals surface area contributed by atoms with Crippen LogP contribution in [-0.4, -0.2) is 14.5 Å². The maximum atomic E-state index is 4.81. The van der Waals surface area contributed by atoms with Crippen molar-refractivity contribution in [1.82, 2.24) is 14.5 Å². The summed E-state index contributed by atoms with van der Waals surface area (Å²) >= 11 is 1.68. The summed E-state index contributed by atoms with van der Waals surface area (Å²) in [6.07, 6.45) is 6.29. The van der Waals surface area contributed by atoms with Gasteiger partial charge < -0.3 is 4.57 Å². The molecule has 1 fully saturated rings. The van der Waals surface area contributed by atoms with E-state index >= 15 is 0 Å². The number of rotatable bonds is 3. The maximum Gasteiger partial charge on any atom is 0.125 e. The van der Waals surface area contributed by atoms with Crippen LogP contribution in [0.2, 0.25) is 0 Å². The monoisotopic (exact) mass is 295 g/mol. The molecule has 0 amide bonds. The largest absolute Gasteiger partial charge is 0.345 e. The van der Waals surface area contributed by atoms with Gasteiger partial charge >= 0.3 is 0 Å². The van der Waals surface area contributed by atoms with Crippen LogP contribution in [0.4, 0.5) is 0 Å². The van der Waals surface area contributed by atoms with Crippen LogP contribution in [0.25, 0.3) is 21.8 Å². The van der Waals surface area contributed by atoms with Crippen LogP contribution in [0, 0.1) is 13.8 Å². The number of aryl methyl sites for hydroxylation is 1. The second-order valence-corrected chi connectivity index (χ2v) is 6.52. The summed E-state index contributed by atoms with van der Waals surface area (Å²) in [5, 5.41) is 3.19. The molecule has 0 saturated heterocycles. The molecule has 3 aromatic rings. The fraction of sp³-hybridized carbons (Fsp3) is 0.294. The molecule has 3 heterocycles. The molecule has 0 aliphatic heterocycles. The smallest absolute Gasteiger partial charge is 0.125 e. The van der Waals surface area contributed by atoms with Gasteiger partial charge in [0.25, 0.3) is 0 Å². The van der Waals surface area contributed by atoms with Crippen molar-refractivity contribution in [1.29, 1.82) is 0 Å². The van der Waals surface area contributed by atoms with Gasteiger partial charge in [-0.2, -0.15) is 0 Å². The number of pyridine rings is 1. The Balaban J connectivity index is 1.75. The molecular formula is C17H17N3S. The minimum absolute atomic E-state index is 0.718. The second kappa shape index (κ2) is 4.81. The Bertz CT molecular complexity index is 782. The zero-order valence-corrected chi connectivity index (χ0v) is 13.0. The Hall–Kier alpha value is -1.94. The average Bonchev–Trinajstić information content (AvgIpc) is 3.12. The van der Waals surface area contributed by atoms with Crippen LogP contribution in [-0.2, 0) is 0 Å². The lowest BCUT2D eigenvalue weighted by Crippen LogP contribution is -1.98. The fourth-order valence-electron chi connectivity index (χ4n) is 2.95. The molecule has 0 spiro atoms. The van der Waals surface area contributed by atoms with Gasteiger partial charge in [-0.1, -0.05) is 0 Å². The molecule has 1 aliphatic rings. The Kier molecular flexibility index (Phi) is 2.93. The summed E-state index contributed by atoms with van der Waals surface area (Å²) in [5.74, 6) is 0. The lowest BCUT2D eigenvalue weighted by atomic mass is 10.2. The van der Waals surface area contributed by atoms with E-state index in [1.54, 1.807) is 17.5 Å². The van der Waals surface area contributed by atoms with E-state index in [9.17, 15) is 0 Å². The van der Waals surface area contributed by atoms with Gasteiger partial charge in [0, 0.05) is 46.3 Å². The molecule has 3 nitrogen and oxygen atoms in total. The number of nitrogens with zero attached hydrogens (tertiary/aromatic N) is 3. The zero-order chi connectivity index (χ0) is 14.4. The van der Waals surface area contributed by atoms with Crippen molar-refractivity contribution < 1.29 is 0 Å². The second-order valence-electron chi connectivity index (χ2n) is 5.67. The Morgan fingerprint density at radius 3 is 2.86 bits per heavy atom. The zero-order valence-electron chi connectivity index (χ0n) is 12.2. The Labute approximate surface area is 128 Å². The highest BCUT2D eigenvalue weighted by Crippen LogP contribution is 2.41. The summed E-state index contributed by atoms with van der Waals surface area (Å²) in [6.45, 7) is 4.41. The van der Waals surface area contributed by atoms with E-state index in [4.69, 9.17) is 4.98 Å². The van der Waals surface area contributed by atoms with Crippen LogP contribution in [0.5, 0.6) is 0 Å². The van der Waals surface area contributed by atoms with E-state index in [0.717, 1.165) is 22.3 Å². The summed E-state index contributed by atoms with van der Waals surface area (Å²) in [6, 6.07) is 7.00. The van der Waals surface area contributed by atoms with Crippen LogP contribution < -0.4 is 0 Å². The third-order valence-corrected chi connectivity index (χ3v) is 4.98. The number of hydrogen-bond donors (Lipinski definition) is 0. The van der Waals surface area contributed by atoms with Crippen molar-refractivity contribution in [3.63, 3.8) is 0 Å². The molecule has 0 radical (unpaired) electrons. The van der Waals surface area contributed by atoms with Crippen molar-refractivity contribution in [2.45, 2.75) is 32.7 Å². The highest BCUT2D eigenvalue weighted by molar-refractivity contribution is 7.13. The topological polar surface area (TPSA) is 30.7 Å². The first-order valence-electron chi connectivity index (χ1n) is 7.29. The highest BCUT2D eigenvalue weighted by Gasteiger charge is 2.27. The van der Waals surface area contributed by atoms with E-state index in [-0.39, 0.29) is 0 Å². The SMILES string of the molecule is Cc1cc(-c2csc(-c3cccnc3)n2)c(C)n1C1CC1. The fourth-order valence-corrected chi connectivity index (χ4v) is 3.76. The summed E-state index contributed by atoms with van der Waals surface area (Å²) in [4.78, 5) is 8.98. The number of hydrogen-bond acceptors (Lipinski definition) is 3. The normalized spacial score (nSPS) is 14.6. The van der Waals surface area contributed by atoms with Crippen molar-refractivity contribution in [2.24, 2.45) is 0 Å². The third kappa shape index (κ3) is 2.20. The van der Waals surface area contributed by atoms with Gasteiger partial charge in [-0.25, -0.2) is 4.98 Å². The quantitative estimate of drug-likeness (QED) is 0.705. The van der Waals surface area contributed by atoms with Gasteiger partial charge in [0.2, 0.25) is 0 Å². The minimum Gasteiger partial charge on any atom is -0.345 e. The molecule has 106 valence electrons. The Morgan fingerprint density at radius 2 is 2.14 bits per heavy atom. The molecule has 1 saturated carbocycles. The van der Waals surface area contributed by atoms with Crippen molar-refractivity contribution >= 4 is 11.3 Å². The third-order valence-electron chi connectivity index (χ3n) is 4.09. The predicted octanol–water partition coefficient (Wildman–Crippen LogP) is 4.63. The van der Waals surface area contributed by atoms with E-state index in [1.165, 1.54) is 29.8 Å². The Morgan fingerprint density at radius 1 is 1.29 bits per heavy atom. The number of thiazole rings is 1. The average molecular weight is 295 g/mol. The van der Waals surface area contributed by atoms with Crippen LogP contribution in [0.3, 0.4) is 0 Å². The maximum absolute atomic E-state index is 4.81. The molecule has 3 aromatic heterocycles. The van der Waals surface area contributed by atoms with Crippen molar-refractivity contribution in [3.05, 3.63) is 47.4 Å². The van der Waals surface area contributed by atoms with E-state index in [0.29, 0.717) is 0 Å². The molecule has 4 rings (SSSR count). The standard InChI is InChI=1S/C17H17N3S/c1-11-8-15(12(2)20(11)14-5-6-14)16-10-21-17(19-16)13-4-3-7-18-9-13/h3-4,7-10,14H,5-6H2,1-2H3. The molecule has 0 aromatic carbocycles. The van der Waals surface area contributed by atoms with Crippen molar-refractivity contribution in [3.8, 4) is 21.8 Å². The number of aromatic nitrogens is 3. The van der Waals surface area contributed by atoms with Gasteiger partial charge in [0.15, 0.2) is 0 Å². The van der Waals surface area contributed by atoms with E-state index in [1.807, 2.05) is 12.3 Å². The summed E-state index contributed by atoms with van der Waals surface area (Å²) in [5.41, 5.74) is 6.13. The van der Waals surface area contributed by atoms with E-state index < -0.39 is 0 Å². The summed E-state index contributed by atoms with van der Waals surface area (Å²) < 4.78 is 2.47. The lowest BCUT2D eigenvalue weighted by Gasteiger charge is -2.06. The molecule has 4 heteroatoms. The predicted molar refractivity (Wildman–Crippen MR) is 86.5 cm³/mol. The van der Waals surface area contributed by atoms with Crippen LogP contribution >= 0.6 is 11.3 Å². The highest BCUT2D eigenvalue weighted by atomic mass is 32.1. The first-order valence-corrected chi connectivity index (χ1v) is 8.17.